The van der Waals surface area contributed by atoms with Crippen LogP contribution in [0.4, 0.5) is 0 Å². The van der Waals surface area contributed by atoms with Crippen molar-refractivity contribution in [2.45, 2.75) is 12.8 Å². The summed E-state index contributed by atoms with van der Waals surface area (Å²) in [5.41, 5.74) is 0.0880. The maximum Gasteiger partial charge on any atom is 0.343 e. The van der Waals surface area contributed by atoms with E-state index >= 15 is 0 Å². The van der Waals surface area contributed by atoms with Crippen LogP contribution < -0.4 is 4.74 Å². The van der Waals surface area contributed by atoms with E-state index in [0.717, 1.165) is 30.4 Å². The van der Waals surface area contributed by atoms with E-state index in [9.17, 15) is 29.1 Å². The summed E-state index contributed by atoms with van der Waals surface area (Å²) in [6.45, 7) is 7.02. The number of allylic oxidation sites excluding steroid dienone is 5. The first-order chi connectivity index (χ1) is 14.6. The summed E-state index contributed by atoms with van der Waals surface area (Å²) in [5, 5.41) is 18.8. The first kappa shape index (κ1) is 23.0. The van der Waals surface area contributed by atoms with E-state index in [1.807, 2.05) is 0 Å². The molecule has 0 unspecified atom stereocenters. The van der Waals surface area contributed by atoms with Crippen LogP contribution in [0.2, 0.25) is 0 Å². The quantitative estimate of drug-likeness (QED) is 0.124. The average Bonchev–Trinajstić information content (AvgIpc) is 2.71. The normalized spacial score (nSPS) is 14.2. The lowest BCUT2D eigenvalue weighted by Crippen LogP contribution is -2.18. The van der Waals surface area contributed by atoms with E-state index in [1.54, 1.807) is 0 Å². The van der Waals surface area contributed by atoms with E-state index in [2.05, 4.69) is 13.2 Å². The number of Topliss-reactive ketones (excluding diaryl/α,β-unsaturated/α-hetero) is 1. The number of hydrogen-bond acceptors (Lipinski definition) is 7. The molecule has 0 bridgehead atoms. The summed E-state index contributed by atoms with van der Waals surface area (Å²) in [5.74, 6) is -5.19. The number of rotatable bonds is 8. The second-order valence-electron chi connectivity index (χ2n) is 6.45. The minimum Gasteiger partial charge on any atom is -0.504 e. The van der Waals surface area contributed by atoms with Gasteiger partial charge in [0.1, 0.15) is 0 Å². The van der Waals surface area contributed by atoms with Gasteiger partial charge in [0, 0.05) is 24.1 Å². The van der Waals surface area contributed by atoms with Gasteiger partial charge in [-0.05, 0) is 36.8 Å². The molecule has 0 amide bonds. The molecule has 1 aromatic carbocycles. The highest BCUT2D eigenvalue weighted by atomic mass is 16.5. The van der Waals surface area contributed by atoms with Gasteiger partial charge in [-0.3, -0.25) is 14.4 Å². The Morgan fingerprint density at radius 1 is 1.10 bits per heavy atom. The average molecular weight is 422 g/mol. The van der Waals surface area contributed by atoms with E-state index in [1.165, 1.54) is 12.1 Å². The number of esters is 1. The lowest BCUT2D eigenvalue weighted by molar-refractivity contribution is -0.131. The van der Waals surface area contributed by atoms with Crippen molar-refractivity contribution in [3.8, 4) is 11.5 Å². The second kappa shape index (κ2) is 9.93. The van der Waals surface area contributed by atoms with Crippen LogP contribution in [0.15, 0.2) is 78.5 Å². The van der Waals surface area contributed by atoms with Crippen LogP contribution in [0, 0.1) is 0 Å². The predicted molar refractivity (Wildman–Crippen MR) is 110 cm³/mol. The van der Waals surface area contributed by atoms with Gasteiger partial charge in [0.25, 0.3) is 0 Å². The lowest BCUT2D eigenvalue weighted by atomic mass is 9.91. The smallest absolute Gasteiger partial charge is 0.343 e. The number of carbonyl (C=O) groups excluding carboxylic acids is 4. The number of carboxylic acids is 1. The largest absolute Gasteiger partial charge is 0.504 e. The van der Waals surface area contributed by atoms with Gasteiger partial charge in [-0.1, -0.05) is 24.8 Å². The zero-order chi connectivity index (χ0) is 23.1. The monoisotopic (exact) mass is 422 g/mol. The molecular formula is C23H18O8. The summed E-state index contributed by atoms with van der Waals surface area (Å²) >= 11 is 0. The van der Waals surface area contributed by atoms with Gasteiger partial charge in [0.2, 0.25) is 0 Å². The molecule has 158 valence electrons. The molecule has 1 aromatic rings. The fourth-order valence-electron chi connectivity index (χ4n) is 2.57. The highest BCUT2D eigenvalue weighted by Gasteiger charge is 2.23. The zero-order valence-corrected chi connectivity index (χ0v) is 16.3. The van der Waals surface area contributed by atoms with Gasteiger partial charge >= 0.3 is 11.9 Å². The van der Waals surface area contributed by atoms with E-state index in [-0.39, 0.29) is 23.3 Å². The number of aromatic hydroxyl groups is 1. The molecule has 1 aliphatic carbocycles. The molecule has 0 atom stereocenters. The molecule has 8 heteroatoms. The first-order valence-electron chi connectivity index (χ1n) is 8.91. The summed E-state index contributed by atoms with van der Waals surface area (Å²) in [6, 6.07) is 3.51. The molecular weight excluding hydrogens is 404 g/mol. The molecule has 31 heavy (non-hydrogen) atoms. The van der Waals surface area contributed by atoms with Crippen LogP contribution >= 0.6 is 0 Å². The number of aliphatic carboxylic acids is 1. The fraction of sp³-hybridized carbons (Fsp3) is 0.0870. The molecule has 0 saturated heterocycles. The van der Waals surface area contributed by atoms with E-state index < -0.39 is 40.6 Å². The molecule has 0 fully saturated rings. The third kappa shape index (κ3) is 6.07. The van der Waals surface area contributed by atoms with Gasteiger partial charge in [-0.2, -0.15) is 0 Å². The third-order valence-electron chi connectivity index (χ3n) is 4.13. The number of phenolic OH excluding ortho intramolecular Hbond substituents is 1. The molecule has 0 radical (unpaired) electrons. The standard InChI is InChI=1S/C23H18O8/c1-3-17(24)14-5-8-18(25)21(12-14)31-23(30)15(6-9-22(28)29)11-20(27)16-7-4-13(2)10-19(16)26/h3,5-9,11-12,25H,1-2,4,10H2,(H,28,29). The number of ketones is 3. The number of hydrogen-bond donors (Lipinski definition) is 2. The SMILES string of the molecule is C=CC(=O)c1ccc(O)c(OC(=O)C(C=CC(=O)O)=CC(=O)C2=CCC(=C)CC2=O)c1. The summed E-state index contributed by atoms with van der Waals surface area (Å²) in [7, 11) is 0. The molecule has 1 aliphatic rings. The van der Waals surface area contributed by atoms with Gasteiger partial charge in [-0.25, -0.2) is 9.59 Å². The van der Waals surface area contributed by atoms with Crippen molar-refractivity contribution >= 4 is 29.3 Å². The van der Waals surface area contributed by atoms with Crippen molar-refractivity contribution in [3.63, 3.8) is 0 Å². The molecule has 2 N–H and O–H groups in total. The highest BCUT2D eigenvalue weighted by molar-refractivity contribution is 6.26. The minimum atomic E-state index is -1.39. The van der Waals surface area contributed by atoms with Crippen LogP contribution in [-0.4, -0.2) is 39.5 Å². The predicted octanol–water partition coefficient (Wildman–Crippen LogP) is 2.65. The maximum absolute atomic E-state index is 12.6. The number of carboxylic acid groups (broad SMARTS) is 1. The Morgan fingerprint density at radius 2 is 1.81 bits per heavy atom. The molecule has 2 rings (SSSR count). The maximum atomic E-state index is 12.6. The van der Waals surface area contributed by atoms with E-state index in [4.69, 9.17) is 9.84 Å². The Labute approximate surface area is 177 Å². The van der Waals surface area contributed by atoms with Gasteiger partial charge in [-0.15, -0.1) is 0 Å². The first-order valence-corrected chi connectivity index (χ1v) is 8.91. The Balaban J connectivity index is 2.38. The van der Waals surface area contributed by atoms with Gasteiger partial charge in [0.15, 0.2) is 28.8 Å². The Hall–Kier alpha value is -4.33. The van der Waals surface area contributed by atoms with Crippen molar-refractivity contribution in [1.82, 2.24) is 0 Å². The fourth-order valence-corrected chi connectivity index (χ4v) is 2.57. The summed E-state index contributed by atoms with van der Waals surface area (Å²) < 4.78 is 5.05. The van der Waals surface area contributed by atoms with E-state index in [0.29, 0.717) is 18.1 Å². The van der Waals surface area contributed by atoms with Gasteiger partial charge < -0.3 is 14.9 Å². The third-order valence-corrected chi connectivity index (χ3v) is 4.13. The minimum absolute atomic E-state index is 0.00580. The lowest BCUT2D eigenvalue weighted by Gasteiger charge is -2.12. The molecule has 0 aliphatic heterocycles. The van der Waals surface area contributed by atoms with Crippen molar-refractivity contribution < 1.29 is 38.9 Å². The van der Waals surface area contributed by atoms with Crippen LogP contribution in [0.25, 0.3) is 0 Å². The van der Waals surface area contributed by atoms with Crippen LogP contribution in [0.1, 0.15) is 23.2 Å². The van der Waals surface area contributed by atoms with Crippen molar-refractivity contribution in [1.29, 1.82) is 0 Å². The second-order valence-corrected chi connectivity index (χ2v) is 6.45. The number of phenols is 1. The number of carbonyl (C=O) groups is 5. The van der Waals surface area contributed by atoms with Crippen molar-refractivity contribution in [3.05, 3.63) is 84.0 Å². The summed E-state index contributed by atoms with van der Waals surface area (Å²) in [4.78, 5) is 59.7. The number of ether oxygens (including phenoxy) is 1. The molecule has 0 saturated carbocycles. The van der Waals surface area contributed by atoms with Crippen molar-refractivity contribution in [2.75, 3.05) is 0 Å². The van der Waals surface area contributed by atoms with Crippen LogP contribution in [-0.2, 0) is 19.2 Å². The summed E-state index contributed by atoms with van der Waals surface area (Å²) in [6.07, 6.45) is 4.93. The van der Waals surface area contributed by atoms with Crippen LogP contribution in [0.5, 0.6) is 11.5 Å². The Bertz CT molecular complexity index is 1100. The van der Waals surface area contributed by atoms with Crippen LogP contribution in [0.3, 0.4) is 0 Å². The molecule has 0 spiro atoms. The Kier molecular flexibility index (Phi) is 7.35. The topological polar surface area (TPSA) is 135 Å². The zero-order valence-electron chi connectivity index (χ0n) is 16.3. The molecule has 0 heterocycles. The Morgan fingerprint density at radius 3 is 2.42 bits per heavy atom. The highest BCUT2D eigenvalue weighted by Crippen LogP contribution is 2.28. The van der Waals surface area contributed by atoms with Crippen molar-refractivity contribution in [2.24, 2.45) is 0 Å². The number of benzene rings is 1. The molecule has 0 aromatic heterocycles. The molecule has 8 nitrogen and oxygen atoms in total. The van der Waals surface area contributed by atoms with Gasteiger partial charge in [0.05, 0.1) is 11.1 Å².